The molecule has 1 aromatic carbocycles. The van der Waals surface area contributed by atoms with Crippen LogP contribution in [0.3, 0.4) is 0 Å². The van der Waals surface area contributed by atoms with Gasteiger partial charge in [0.05, 0.1) is 12.2 Å². The molecule has 3 nitrogen and oxygen atoms in total. The number of rotatable bonds is 8. The van der Waals surface area contributed by atoms with Crippen molar-refractivity contribution in [2.24, 2.45) is 0 Å². The molecule has 0 amide bonds. The van der Waals surface area contributed by atoms with Crippen LogP contribution < -0.4 is 10.2 Å². The highest BCUT2D eigenvalue weighted by atomic mass is 32.1. The summed E-state index contributed by atoms with van der Waals surface area (Å²) in [5, 5.41) is 6.48. The number of hydrogen-bond acceptors (Lipinski definition) is 4. The lowest BCUT2D eigenvalue weighted by Crippen LogP contribution is -2.24. The van der Waals surface area contributed by atoms with Gasteiger partial charge in [0.2, 0.25) is 0 Å². The number of thiazole rings is 1. The molecule has 0 spiro atoms. The van der Waals surface area contributed by atoms with Gasteiger partial charge in [-0.3, -0.25) is 0 Å². The maximum Gasteiger partial charge on any atom is 0.107 e. The standard InChI is InChI=1S/C16H23N3S/c1-3-4-10-19(15-8-6-5-7-9-15)12-14-13-20-16(18-14)11-17-2/h5-9,13,17H,3-4,10-12H2,1-2H3. The fraction of sp³-hybridized carbons (Fsp3) is 0.438. The van der Waals surface area contributed by atoms with Gasteiger partial charge in [-0.05, 0) is 25.6 Å². The molecule has 0 saturated heterocycles. The SMILES string of the molecule is CCCCN(Cc1csc(CNC)n1)c1ccccc1. The molecule has 0 radical (unpaired) electrons. The number of hydrogen-bond donors (Lipinski definition) is 1. The normalized spacial score (nSPS) is 10.7. The minimum Gasteiger partial charge on any atom is -0.366 e. The Bertz CT molecular complexity index is 495. The van der Waals surface area contributed by atoms with E-state index in [1.165, 1.54) is 24.2 Å². The summed E-state index contributed by atoms with van der Waals surface area (Å²) in [5.74, 6) is 0. The molecule has 0 bridgehead atoms. The number of nitrogens with zero attached hydrogens (tertiary/aromatic N) is 2. The van der Waals surface area contributed by atoms with Crippen molar-refractivity contribution in [2.45, 2.75) is 32.9 Å². The number of anilines is 1. The number of aromatic nitrogens is 1. The van der Waals surface area contributed by atoms with E-state index in [9.17, 15) is 0 Å². The molecule has 1 N–H and O–H groups in total. The lowest BCUT2D eigenvalue weighted by molar-refractivity contribution is 0.706. The van der Waals surface area contributed by atoms with Crippen LogP contribution in [0.15, 0.2) is 35.7 Å². The van der Waals surface area contributed by atoms with E-state index in [0.717, 1.165) is 24.6 Å². The Hall–Kier alpha value is -1.39. The second-order valence-electron chi connectivity index (χ2n) is 4.87. The Labute approximate surface area is 125 Å². The first-order valence-electron chi connectivity index (χ1n) is 7.21. The summed E-state index contributed by atoms with van der Waals surface area (Å²) < 4.78 is 0. The van der Waals surface area contributed by atoms with Gasteiger partial charge < -0.3 is 10.2 Å². The lowest BCUT2D eigenvalue weighted by Gasteiger charge is -2.23. The molecule has 1 aromatic heterocycles. The fourth-order valence-corrected chi connectivity index (χ4v) is 2.93. The first kappa shape index (κ1) is 15.0. The predicted molar refractivity (Wildman–Crippen MR) is 87.3 cm³/mol. The van der Waals surface area contributed by atoms with Crippen LogP contribution in [0.25, 0.3) is 0 Å². The first-order valence-corrected chi connectivity index (χ1v) is 8.09. The Morgan fingerprint density at radius 3 is 2.75 bits per heavy atom. The largest absolute Gasteiger partial charge is 0.366 e. The van der Waals surface area contributed by atoms with Crippen LogP contribution in [0, 0.1) is 0 Å². The van der Waals surface area contributed by atoms with Crippen molar-refractivity contribution in [3.05, 3.63) is 46.4 Å². The average molecular weight is 289 g/mol. The monoisotopic (exact) mass is 289 g/mol. The molecule has 1 heterocycles. The summed E-state index contributed by atoms with van der Waals surface area (Å²) in [6.07, 6.45) is 2.42. The van der Waals surface area contributed by atoms with Crippen LogP contribution in [-0.4, -0.2) is 18.6 Å². The zero-order valence-corrected chi connectivity index (χ0v) is 13.1. The van der Waals surface area contributed by atoms with Crippen molar-refractivity contribution in [3.63, 3.8) is 0 Å². The summed E-state index contributed by atoms with van der Waals surface area (Å²) in [6.45, 7) is 5.06. The Morgan fingerprint density at radius 2 is 2.05 bits per heavy atom. The third-order valence-electron chi connectivity index (χ3n) is 3.18. The van der Waals surface area contributed by atoms with Crippen LogP contribution in [0.1, 0.15) is 30.5 Å². The summed E-state index contributed by atoms with van der Waals surface area (Å²) in [5.41, 5.74) is 2.45. The van der Waals surface area contributed by atoms with Crippen molar-refractivity contribution in [1.82, 2.24) is 10.3 Å². The molecule has 20 heavy (non-hydrogen) atoms. The molecule has 0 aliphatic heterocycles. The van der Waals surface area contributed by atoms with Crippen molar-refractivity contribution in [2.75, 3.05) is 18.5 Å². The van der Waals surface area contributed by atoms with Crippen LogP contribution in [0.2, 0.25) is 0 Å². The quantitative estimate of drug-likeness (QED) is 0.803. The molecule has 0 aliphatic rings. The van der Waals surface area contributed by atoms with E-state index in [4.69, 9.17) is 0 Å². The van der Waals surface area contributed by atoms with E-state index in [0.29, 0.717) is 0 Å². The number of benzene rings is 1. The molecule has 0 aliphatic carbocycles. The summed E-state index contributed by atoms with van der Waals surface area (Å²) in [7, 11) is 1.96. The molecule has 108 valence electrons. The highest BCUT2D eigenvalue weighted by Gasteiger charge is 2.09. The fourth-order valence-electron chi connectivity index (χ4n) is 2.14. The Morgan fingerprint density at radius 1 is 1.25 bits per heavy atom. The van der Waals surface area contributed by atoms with Gasteiger partial charge >= 0.3 is 0 Å². The van der Waals surface area contributed by atoms with E-state index in [1.807, 2.05) is 7.05 Å². The van der Waals surface area contributed by atoms with Gasteiger partial charge in [-0.15, -0.1) is 11.3 Å². The number of nitrogens with one attached hydrogen (secondary N) is 1. The van der Waals surface area contributed by atoms with Crippen LogP contribution >= 0.6 is 11.3 Å². The van der Waals surface area contributed by atoms with Gasteiger partial charge in [0.1, 0.15) is 5.01 Å². The minimum absolute atomic E-state index is 0.852. The van der Waals surface area contributed by atoms with Crippen LogP contribution in [0.4, 0.5) is 5.69 Å². The molecule has 2 aromatic rings. The molecule has 0 fully saturated rings. The summed E-state index contributed by atoms with van der Waals surface area (Å²) in [6, 6.07) is 10.6. The third kappa shape index (κ3) is 4.32. The third-order valence-corrected chi connectivity index (χ3v) is 4.08. The highest BCUT2D eigenvalue weighted by molar-refractivity contribution is 7.09. The van der Waals surface area contributed by atoms with Crippen LogP contribution in [0.5, 0.6) is 0 Å². The summed E-state index contributed by atoms with van der Waals surface area (Å²) >= 11 is 1.73. The topological polar surface area (TPSA) is 28.2 Å². The molecule has 4 heteroatoms. The molecule has 0 saturated carbocycles. The van der Waals surface area contributed by atoms with Gasteiger partial charge in [0, 0.05) is 24.2 Å². The van der Waals surface area contributed by atoms with E-state index in [1.54, 1.807) is 11.3 Å². The number of para-hydroxylation sites is 1. The second-order valence-corrected chi connectivity index (χ2v) is 5.82. The highest BCUT2D eigenvalue weighted by Crippen LogP contribution is 2.19. The smallest absolute Gasteiger partial charge is 0.107 e. The van der Waals surface area contributed by atoms with E-state index >= 15 is 0 Å². The van der Waals surface area contributed by atoms with Gasteiger partial charge in [-0.2, -0.15) is 0 Å². The lowest BCUT2D eigenvalue weighted by atomic mass is 10.2. The molecular formula is C16H23N3S. The van der Waals surface area contributed by atoms with Crippen molar-refractivity contribution in [3.8, 4) is 0 Å². The van der Waals surface area contributed by atoms with Crippen LogP contribution in [-0.2, 0) is 13.1 Å². The van der Waals surface area contributed by atoms with E-state index in [-0.39, 0.29) is 0 Å². The molecular weight excluding hydrogens is 266 g/mol. The van der Waals surface area contributed by atoms with E-state index in [2.05, 4.69) is 57.8 Å². The second kappa shape index (κ2) is 8.02. The molecule has 0 atom stereocenters. The van der Waals surface area contributed by atoms with Gasteiger partial charge in [0.25, 0.3) is 0 Å². The van der Waals surface area contributed by atoms with Crippen molar-refractivity contribution < 1.29 is 0 Å². The summed E-state index contributed by atoms with van der Waals surface area (Å²) in [4.78, 5) is 7.11. The van der Waals surface area contributed by atoms with Gasteiger partial charge in [0.15, 0.2) is 0 Å². The first-order chi connectivity index (χ1) is 9.83. The number of unbranched alkanes of at least 4 members (excludes halogenated alkanes) is 1. The van der Waals surface area contributed by atoms with Crippen molar-refractivity contribution in [1.29, 1.82) is 0 Å². The van der Waals surface area contributed by atoms with E-state index < -0.39 is 0 Å². The van der Waals surface area contributed by atoms with Crippen molar-refractivity contribution >= 4 is 17.0 Å². The Balaban J connectivity index is 2.06. The maximum absolute atomic E-state index is 4.69. The van der Waals surface area contributed by atoms with Gasteiger partial charge in [-0.25, -0.2) is 4.98 Å². The molecule has 0 unspecified atom stereocenters. The molecule has 2 rings (SSSR count). The zero-order chi connectivity index (χ0) is 14.2. The maximum atomic E-state index is 4.69. The predicted octanol–water partition coefficient (Wildman–Crippen LogP) is 3.67. The Kier molecular flexibility index (Phi) is 6.02. The average Bonchev–Trinajstić information content (AvgIpc) is 2.92. The zero-order valence-electron chi connectivity index (χ0n) is 12.3. The van der Waals surface area contributed by atoms with Gasteiger partial charge in [-0.1, -0.05) is 31.5 Å². The minimum atomic E-state index is 0.852.